The van der Waals surface area contributed by atoms with Gasteiger partial charge in [-0.15, -0.1) is 0 Å². The zero-order valence-electron chi connectivity index (χ0n) is 22.6. The van der Waals surface area contributed by atoms with Crippen LogP contribution in [0.1, 0.15) is 34.6 Å². The average Bonchev–Trinajstić information content (AvgIpc) is 3.34. The lowest BCUT2D eigenvalue weighted by atomic mass is 10.0. The van der Waals surface area contributed by atoms with E-state index in [4.69, 9.17) is 4.98 Å². The van der Waals surface area contributed by atoms with Gasteiger partial charge < -0.3 is 25.2 Å². The first-order valence-corrected chi connectivity index (χ1v) is 12.4. The number of H-pyrrole nitrogens is 1. The van der Waals surface area contributed by atoms with Crippen molar-refractivity contribution >= 4 is 23.1 Å². The lowest BCUT2D eigenvalue weighted by Gasteiger charge is -2.13. The van der Waals surface area contributed by atoms with E-state index >= 15 is 0 Å². The van der Waals surface area contributed by atoms with Crippen molar-refractivity contribution in [3.63, 3.8) is 0 Å². The number of nitrogens with zero attached hydrogens (tertiary/aromatic N) is 3. The third kappa shape index (κ3) is 5.25. The van der Waals surface area contributed by atoms with Gasteiger partial charge in [0.25, 0.3) is 5.91 Å². The SMILES string of the molecule is CCNC(=O)c1cc(-c2nc(-c3ccc(N(C)C)cc3)c(-c3ccc(N(C)C)cc3)[nH]2)cc(C(C)=O)c1O. The van der Waals surface area contributed by atoms with Gasteiger partial charge in [-0.1, -0.05) is 24.3 Å². The second-order valence-electron chi connectivity index (χ2n) is 9.53. The number of carbonyl (C=O) groups is 2. The van der Waals surface area contributed by atoms with Crippen molar-refractivity contribution in [2.24, 2.45) is 0 Å². The van der Waals surface area contributed by atoms with Crippen molar-refractivity contribution in [1.29, 1.82) is 0 Å². The fraction of sp³-hybridized carbons (Fsp3) is 0.233. The summed E-state index contributed by atoms with van der Waals surface area (Å²) in [5.74, 6) is -0.658. The molecule has 0 aliphatic carbocycles. The molecular weight excluding hydrogens is 478 g/mol. The third-order valence-corrected chi connectivity index (χ3v) is 6.38. The van der Waals surface area contributed by atoms with Gasteiger partial charge in [0.2, 0.25) is 0 Å². The quantitative estimate of drug-likeness (QED) is 0.281. The molecule has 8 heteroatoms. The number of Topliss-reactive ketones (excluding diaryl/α,β-unsaturated/α-hetero) is 1. The monoisotopic (exact) mass is 511 g/mol. The zero-order valence-corrected chi connectivity index (χ0v) is 22.6. The van der Waals surface area contributed by atoms with E-state index in [9.17, 15) is 14.7 Å². The molecule has 0 atom stereocenters. The molecular formula is C30H33N5O3. The molecule has 8 nitrogen and oxygen atoms in total. The second kappa shape index (κ2) is 10.8. The number of aromatic hydroxyl groups is 1. The first-order chi connectivity index (χ1) is 18.1. The summed E-state index contributed by atoms with van der Waals surface area (Å²) in [7, 11) is 7.96. The van der Waals surface area contributed by atoms with Crippen LogP contribution in [-0.2, 0) is 0 Å². The first kappa shape index (κ1) is 26.5. The van der Waals surface area contributed by atoms with E-state index in [1.54, 1.807) is 19.1 Å². The largest absolute Gasteiger partial charge is 0.506 e. The number of hydrogen-bond donors (Lipinski definition) is 3. The fourth-order valence-electron chi connectivity index (χ4n) is 4.24. The van der Waals surface area contributed by atoms with Crippen LogP contribution in [0, 0.1) is 0 Å². The van der Waals surface area contributed by atoms with Crippen LogP contribution in [0.3, 0.4) is 0 Å². The Morgan fingerprint density at radius 2 is 1.37 bits per heavy atom. The van der Waals surface area contributed by atoms with E-state index in [0.29, 0.717) is 17.9 Å². The Hall–Kier alpha value is -4.59. The number of rotatable bonds is 8. The smallest absolute Gasteiger partial charge is 0.255 e. The van der Waals surface area contributed by atoms with Crippen molar-refractivity contribution in [2.45, 2.75) is 13.8 Å². The molecule has 0 fully saturated rings. The van der Waals surface area contributed by atoms with E-state index in [0.717, 1.165) is 33.9 Å². The molecule has 0 spiro atoms. The number of phenolic OH excluding ortho intramolecular Hbond substituents is 1. The lowest BCUT2D eigenvalue weighted by Crippen LogP contribution is -2.23. The fourth-order valence-corrected chi connectivity index (χ4v) is 4.24. The molecule has 4 aromatic rings. The van der Waals surface area contributed by atoms with Crippen LogP contribution in [0.5, 0.6) is 5.75 Å². The molecule has 0 bridgehead atoms. The molecule has 0 radical (unpaired) electrons. The van der Waals surface area contributed by atoms with Crippen molar-refractivity contribution < 1.29 is 14.7 Å². The van der Waals surface area contributed by atoms with E-state index in [-0.39, 0.29) is 22.7 Å². The molecule has 3 N–H and O–H groups in total. The van der Waals surface area contributed by atoms with Gasteiger partial charge in [0.05, 0.1) is 22.5 Å². The Labute approximate surface area is 223 Å². The predicted molar refractivity (Wildman–Crippen MR) is 153 cm³/mol. The molecule has 1 amide bonds. The Bertz CT molecular complexity index is 1400. The molecule has 38 heavy (non-hydrogen) atoms. The Morgan fingerprint density at radius 3 is 1.87 bits per heavy atom. The van der Waals surface area contributed by atoms with Gasteiger partial charge in [-0.2, -0.15) is 0 Å². The van der Waals surface area contributed by atoms with Crippen LogP contribution in [0.4, 0.5) is 11.4 Å². The van der Waals surface area contributed by atoms with Crippen molar-refractivity contribution in [2.75, 3.05) is 44.5 Å². The summed E-state index contributed by atoms with van der Waals surface area (Å²) < 4.78 is 0. The number of aromatic amines is 1. The first-order valence-electron chi connectivity index (χ1n) is 12.4. The minimum atomic E-state index is -0.458. The van der Waals surface area contributed by atoms with Crippen LogP contribution < -0.4 is 15.1 Å². The van der Waals surface area contributed by atoms with Crippen molar-refractivity contribution in [1.82, 2.24) is 15.3 Å². The third-order valence-electron chi connectivity index (χ3n) is 6.38. The van der Waals surface area contributed by atoms with Crippen molar-refractivity contribution in [3.8, 4) is 39.7 Å². The van der Waals surface area contributed by atoms with Crippen LogP contribution in [0.25, 0.3) is 33.9 Å². The number of nitrogens with one attached hydrogen (secondary N) is 2. The Kier molecular flexibility index (Phi) is 7.52. The summed E-state index contributed by atoms with van der Waals surface area (Å²) in [5.41, 5.74) is 6.15. The topological polar surface area (TPSA) is 102 Å². The highest BCUT2D eigenvalue weighted by Crippen LogP contribution is 2.36. The normalized spacial score (nSPS) is 10.8. The van der Waals surface area contributed by atoms with Crippen LogP contribution in [-0.4, -0.2) is 61.5 Å². The summed E-state index contributed by atoms with van der Waals surface area (Å²) in [6.45, 7) is 3.54. The predicted octanol–water partition coefficient (Wildman–Crippen LogP) is 5.20. The van der Waals surface area contributed by atoms with E-state index in [1.807, 2.05) is 86.5 Å². The van der Waals surface area contributed by atoms with Gasteiger partial charge in [0.1, 0.15) is 11.6 Å². The average molecular weight is 512 g/mol. The Balaban J connectivity index is 1.92. The summed E-state index contributed by atoms with van der Waals surface area (Å²) in [4.78, 5) is 37.5. The second-order valence-corrected chi connectivity index (χ2v) is 9.53. The number of carbonyl (C=O) groups excluding carboxylic acids is 2. The van der Waals surface area contributed by atoms with Gasteiger partial charge >= 0.3 is 0 Å². The highest BCUT2D eigenvalue weighted by Gasteiger charge is 2.22. The van der Waals surface area contributed by atoms with Gasteiger partial charge in [0, 0.05) is 62.8 Å². The summed E-state index contributed by atoms with van der Waals surface area (Å²) in [6.07, 6.45) is 0. The number of ketones is 1. The van der Waals surface area contributed by atoms with Crippen LogP contribution in [0.2, 0.25) is 0 Å². The number of benzene rings is 3. The zero-order chi connectivity index (χ0) is 27.6. The lowest BCUT2D eigenvalue weighted by molar-refractivity contribution is 0.0953. The maximum Gasteiger partial charge on any atom is 0.255 e. The highest BCUT2D eigenvalue weighted by atomic mass is 16.3. The number of imidazole rings is 1. The van der Waals surface area contributed by atoms with Crippen LogP contribution >= 0.6 is 0 Å². The molecule has 0 aliphatic rings. The van der Waals surface area contributed by atoms with E-state index in [1.165, 1.54) is 6.92 Å². The van der Waals surface area contributed by atoms with Crippen LogP contribution in [0.15, 0.2) is 60.7 Å². The maximum absolute atomic E-state index is 12.7. The number of anilines is 2. The standard InChI is InChI=1S/C30H33N5O3/c1-7-31-30(38)25-17-21(16-24(18(2)36)28(25)37)29-32-26(19-8-12-22(13-9-19)34(3)4)27(33-29)20-10-14-23(15-11-20)35(5)6/h8-17,37H,7H2,1-6H3,(H,31,38)(H,32,33). The molecule has 1 aromatic heterocycles. The minimum absolute atomic E-state index is 0.0275. The van der Waals surface area contributed by atoms with E-state index in [2.05, 4.69) is 10.3 Å². The van der Waals surface area contributed by atoms with Gasteiger partial charge in [-0.3, -0.25) is 9.59 Å². The Morgan fingerprint density at radius 1 is 0.842 bits per heavy atom. The molecule has 196 valence electrons. The number of phenols is 1. The molecule has 0 saturated heterocycles. The molecule has 0 saturated carbocycles. The summed E-state index contributed by atoms with van der Waals surface area (Å²) >= 11 is 0. The molecule has 3 aromatic carbocycles. The van der Waals surface area contributed by atoms with E-state index < -0.39 is 5.91 Å². The van der Waals surface area contributed by atoms with Gasteiger partial charge in [0.15, 0.2) is 5.78 Å². The number of aromatic nitrogens is 2. The maximum atomic E-state index is 12.7. The molecule has 4 rings (SSSR count). The highest BCUT2D eigenvalue weighted by molar-refractivity contribution is 6.05. The van der Waals surface area contributed by atoms with Gasteiger partial charge in [-0.05, 0) is 50.2 Å². The number of amides is 1. The van der Waals surface area contributed by atoms with Gasteiger partial charge in [-0.25, -0.2) is 4.98 Å². The van der Waals surface area contributed by atoms with Crippen molar-refractivity contribution in [3.05, 3.63) is 71.8 Å². The minimum Gasteiger partial charge on any atom is -0.506 e. The molecule has 0 unspecified atom stereocenters. The molecule has 1 heterocycles. The summed E-state index contributed by atoms with van der Waals surface area (Å²) in [6, 6.07) is 19.4. The summed E-state index contributed by atoms with van der Waals surface area (Å²) in [5, 5.41) is 13.4. The number of hydrogen-bond acceptors (Lipinski definition) is 6. The molecule has 0 aliphatic heterocycles.